The highest BCUT2D eigenvalue weighted by atomic mass is 32.2. The zero-order chi connectivity index (χ0) is 23.5. The molecular weight excluding hydrogens is 430 g/mol. The van der Waals surface area contributed by atoms with Gasteiger partial charge in [0.15, 0.2) is 0 Å². The summed E-state index contributed by atoms with van der Waals surface area (Å²) in [4.78, 5) is 26.2. The minimum absolute atomic E-state index is 0.0907. The van der Waals surface area contributed by atoms with Crippen LogP contribution >= 0.6 is 0 Å². The van der Waals surface area contributed by atoms with Gasteiger partial charge in [0, 0.05) is 44.9 Å². The predicted octanol–water partition coefficient (Wildman–Crippen LogP) is 2.12. The molecule has 1 aliphatic heterocycles. The second kappa shape index (κ2) is 9.81. The Labute approximate surface area is 189 Å². The van der Waals surface area contributed by atoms with Crippen LogP contribution in [-0.4, -0.2) is 68.8 Å². The van der Waals surface area contributed by atoms with Gasteiger partial charge in [-0.2, -0.15) is 4.31 Å². The van der Waals surface area contributed by atoms with E-state index >= 15 is 0 Å². The third-order valence-corrected chi connectivity index (χ3v) is 7.14. The summed E-state index contributed by atoms with van der Waals surface area (Å²) in [6.07, 6.45) is -0.390. The van der Waals surface area contributed by atoms with Gasteiger partial charge >= 0.3 is 0 Å². The Morgan fingerprint density at radius 1 is 1.06 bits per heavy atom. The zero-order valence-electron chi connectivity index (χ0n) is 18.7. The first-order valence-corrected chi connectivity index (χ1v) is 11.9. The quantitative estimate of drug-likeness (QED) is 0.714. The normalized spacial score (nSPS) is 19.4. The van der Waals surface area contributed by atoms with E-state index < -0.39 is 10.0 Å². The first-order valence-electron chi connectivity index (χ1n) is 10.4. The smallest absolute Gasteiger partial charge is 0.253 e. The van der Waals surface area contributed by atoms with E-state index in [9.17, 15) is 18.0 Å². The largest absolute Gasteiger partial charge is 0.373 e. The molecule has 0 spiro atoms. The van der Waals surface area contributed by atoms with Crippen molar-refractivity contribution in [2.45, 2.75) is 37.5 Å². The van der Waals surface area contributed by atoms with Crippen LogP contribution in [0, 0.1) is 0 Å². The number of morpholine rings is 1. The van der Waals surface area contributed by atoms with E-state index in [1.165, 1.54) is 21.3 Å². The molecule has 9 heteroatoms. The lowest BCUT2D eigenvalue weighted by atomic mass is 10.1. The zero-order valence-corrected chi connectivity index (χ0v) is 19.6. The molecule has 2 aromatic rings. The highest BCUT2D eigenvalue weighted by molar-refractivity contribution is 7.89. The van der Waals surface area contributed by atoms with Crippen LogP contribution < -0.4 is 5.32 Å². The minimum Gasteiger partial charge on any atom is -0.373 e. The molecule has 0 bridgehead atoms. The first-order chi connectivity index (χ1) is 15.1. The average Bonchev–Trinajstić information content (AvgIpc) is 2.78. The lowest BCUT2D eigenvalue weighted by Crippen LogP contribution is -2.48. The molecule has 0 saturated carbocycles. The fraction of sp³-hybridized carbons (Fsp3) is 0.391. The van der Waals surface area contributed by atoms with Gasteiger partial charge in [-0.05, 0) is 49.7 Å². The number of amides is 2. The Kier molecular flexibility index (Phi) is 7.33. The molecule has 0 aliphatic carbocycles. The number of carbonyl (C=O) groups excluding carboxylic acids is 2. The lowest BCUT2D eigenvalue weighted by Gasteiger charge is -2.34. The van der Waals surface area contributed by atoms with E-state index in [2.05, 4.69) is 5.32 Å². The topological polar surface area (TPSA) is 96.0 Å². The molecule has 0 aromatic heterocycles. The Morgan fingerprint density at radius 2 is 1.69 bits per heavy atom. The summed E-state index contributed by atoms with van der Waals surface area (Å²) in [5.41, 5.74) is 1.69. The van der Waals surface area contributed by atoms with Gasteiger partial charge in [0.2, 0.25) is 10.0 Å². The monoisotopic (exact) mass is 459 g/mol. The molecular formula is C23H29N3O5S. The summed E-state index contributed by atoms with van der Waals surface area (Å²) in [5, 5.41) is 2.56. The van der Waals surface area contributed by atoms with Gasteiger partial charge in [0.05, 0.1) is 17.1 Å². The van der Waals surface area contributed by atoms with Crippen molar-refractivity contribution >= 4 is 21.8 Å². The van der Waals surface area contributed by atoms with Gasteiger partial charge in [0.25, 0.3) is 11.8 Å². The summed E-state index contributed by atoms with van der Waals surface area (Å²) in [5.74, 6) is -0.468. The molecule has 2 atom stereocenters. The van der Waals surface area contributed by atoms with E-state index in [1.807, 2.05) is 13.8 Å². The summed E-state index contributed by atoms with van der Waals surface area (Å²) < 4.78 is 33.3. The van der Waals surface area contributed by atoms with Crippen molar-refractivity contribution in [1.29, 1.82) is 0 Å². The Morgan fingerprint density at radius 3 is 2.28 bits per heavy atom. The van der Waals surface area contributed by atoms with Crippen LogP contribution in [0.25, 0.3) is 0 Å². The van der Waals surface area contributed by atoms with Crippen molar-refractivity contribution in [3.63, 3.8) is 0 Å². The van der Waals surface area contributed by atoms with Crippen LogP contribution in [-0.2, 0) is 21.3 Å². The molecule has 2 amide bonds. The maximum absolute atomic E-state index is 13.1. The van der Waals surface area contributed by atoms with Crippen molar-refractivity contribution in [3.8, 4) is 0 Å². The number of sulfonamides is 1. The van der Waals surface area contributed by atoms with E-state index in [0.717, 1.165) is 5.56 Å². The fourth-order valence-electron chi connectivity index (χ4n) is 3.74. The number of rotatable bonds is 6. The maximum Gasteiger partial charge on any atom is 0.253 e. The number of benzene rings is 2. The van der Waals surface area contributed by atoms with Gasteiger partial charge in [-0.15, -0.1) is 0 Å². The number of carbonyl (C=O) groups is 2. The van der Waals surface area contributed by atoms with E-state index in [0.29, 0.717) is 17.7 Å². The molecule has 1 aliphatic rings. The molecule has 1 fully saturated rings. The Bertz CT molecular complexity index is 1080. The number of hydrogen-bond donors (Lipinski definition) is 1. The van der Waals surface area contributed by atoms with Gasteiger partial charge in [-0.1, -0.05) is 18.2 Å². The van der Waals surface area contributed by atoms with Crippen LogP contribution in [0.5, 0.6) is 0 Å². The maximum atomic E-state index is 13.1. The molecule has 3 rings (SSSR count). The summed E-state index contributed by atoms with van der Waals surface area (Å²) in [7, 11) is -0.518. The highest BCUT2D eigenvalue weighted by Crippen LogP contribution is 2.22. The van der Waals surface area contributed by atoms with E-state index in [4.69, 9.17) is 4.74 Å². The Balaban J connectivity index is 1.75. The summed E-state index contributed by atoms with van der Waals surface area (Å²) in [6, 6.07) is 13.1. The Hall–Kier alpha value is -2.75. The van der Waals surface area contributed by atoms with Gasteiger partial charge in [-0.25, -0.2) is 8.42 Å². The fourth-order valence-corrected chi connectivity index (χ4v) is 5.37. The molecule has 1 N–H and O–H groups in total. The van der Waals surface area contributed by atoms with E-state index in [1.54, 1.807) is 50.5 Å². The molecule has 172 valence electrons. The molecule has 2 unspecified atom stereocenters. The van der Waals surface area contributed by atoms with E-state index in [-0.39, 0.29) is 42.0 Å². The van der Waals surface area contributed by atoms with Gasteiger partial charge in [-0.3, -0.25) is 9.59 Å². The lowest BCUT2D eigenvalue weighted by molar-refractivity contribution is -0.0440. The van der Waals surface area contributed by atoms with Crippen molar-refractivity contribution < 1.29 is 22.7 Å². The number of nitrogens with one attached hydrogen (secondary N) is 1. The first kappa shape index (κ1) is 23.9. The van der Waals surface area contributed by atoms with Gasteiger partial charge in [0.1, 0.15) is 0 Å². The van der Waals surface area contributed by atoms with Crippen molar-refractivity contribution in [2.75, 3.05) is 27.2 Å². The van der Waals surface area contributed by atoms with Crippen LogP contribution in [0.3, 0.4) is 0 Å². The summed E-state index contributed by atoms with van der Waals surface area (Å²) >= 11 is 0. The molecule has 0 radical (unpaired) electrons. The molecule has 32 heavy (non-hydrogen) atoms. The van der Waals surface area contributed by atoms with Crippen molar-refractivity contribution in [2.24, 2.45) is 0 Å². The van der Waals surface area contributed by atoms with Gasteiger partial charge < -0.3 is 15.0 Å². The number of ether oxygens (including phenoxy) is 1. The second-order valence-corrected chi connectivity index (χ2v) is 9.98. The SMILES string of the molecule is CNC(=O)c1ccc(CN(C)C(=O)c2cccc(S(=O)(=O)N3CC(C)OC(C)C3)c2)cc1. The molecule has 8 nitrogen and oxygen atoms in total. The van der Waals surface area contributed by atoms with Crippen LogP contribution in [0.2, 0.25) is 0 Å². The van der Waals surface area contributed by atoms with Crippen LogP contribution in [0.1, 0.15) is 40.1 Å². The number of nitrogens with zero attached hydrogens (tertiary/aromatic N) is 2. The third kappa shape index (κ3) is 5.35. The number of hydrogen-bond acceptors (Lipinski definition) is 5. The summed E-state index contributed by atoms with van der Waals surface area (Å²) in [6.45, 7) is 4.55. The molecule has 2 aromatic carbocycles. The average molecular weight is 460 g/mol. The molecule has 1 saturated heterocycles. The van der Waals surface area contributed by atoms with Crippen molar-refractivity contribution in [3.05, 3.63) is 65.2 Å². The molecule has 1 heterocycles. The minimum atomic E-state index is -3.74. The predicted molar refractivity (Wildman–Crippen MR) is 121 cm³/mol. The third-order valence-electron chi connectivity index (χ3n) is 5.31. The van der Waals surface area contributed by atoms with Crippen LogP contribution in [0.15, 0.2) is 53.4 Å². The standard InChI is InChI=1S/C23H29N3O5S/c1-16-13-26(14-17(2)31-16)32(29,30)21-7-5-6-20(12-21)23(28)25(4)15-18-8-10-19(11-9-18)22(27)24-3/h5-12,16-17H,13-15H2,1-4H3,(H,24,27). The van der Waals surface area contributed by atoms with Crippen molar-refractivity contribution in [1.82, 2.24) is 14.5 Å². The second-order valence-electron chi connectivity index (χ2n) is 8.04. The van der Waals surface area contributed by atoms with Crippen LogP contribution in [0.4, 0.5) is 0 Å². The highest BCUT2D eigenvalue weighted by Gasteiger charge is 2.32.